The van der Waals surface area contributed by atoms with Crippen LogP contribution in [-0.2, 0) is 0 Å². The first-order chi connectivity index (χ1) is 7.23. The van der Waals surface area contributed by atoms with Crippen LogP contribution < -0.4 is 10.6 Å². The number of anilines is 1. The van der Waals surface area contributed by atoms with E-state index in [1.54, 1.807) is 25.1 Å². The highest BCUT2D eigenvalue weighted by Gasteiger charge is 2.38. The summed E-state index contributed by atoms with van der Waals surface area (Å²) >= 11 is 5.77. The lowest BCUT2D eigenvalue weighted by molar-refractivity contribution is -0.149. The Balaban J connectivity index is 3.09. The summed E-state index contributed by atoms with van der Waals surface area (Å²) in [6, 6.07) is 2.27. The van der Waals surface area contributed by atoms with E-state index in [0.29, 0.717) is 0 Å². The van der Waals surface area contributed by atoms with Crippen molar-refractivity contribution in [3.8, 4) is 0 Å². The molecule has 0 aliphatic carbocycles. The molecule has 0 radical (unpaired) electrons. The Labute approximate surface area is 96.8 Å². The van der Waals surface area contributed by atoms with Crippen LogP contribution in [0.5, 0.6) is 0 Å². The minimum atomic E-state index is -4.48. The number of nitrogens with two attached hydrogens (primary N) is 1. The second-order valence-electron chi connectivity index (χ2n) is 3.62. The fraction of sp³-hybridized carbons (Fsp3) is 0.400. The van der Waals surface area contributed by atoms with Crippen LogP contribution in [0.4, 0.5) is 18.9 Å². The van der Waals surface area contributed by atoms with E-state index in [-0.39, 0.29) is 10.6 Å². The average Bonchev–Trinajstić information content (AvgIpc) is 2.15. The van der Waals surface area contributed by atoms with E-state index >= 15 is 0 Å². The molecule has 0 aliphatic heterocycles. The summed E-state index contributed by atoms with van der Waals surface area (Å²) in [5.74, 6) is 0. The van der Waals surface area contributed by atoms with Crippen LogP contribution in [0, 0.1) is 0 Å². The lowest BCUT2D eigenvalue weighted by Crippen LogP contribution is -2.28. The average molecular weight is 253 g/mol. The molecule has 0 heterocycles. The van der Waals surface area contributed by atoms with Gasteiger partial charge in [0.05, 0.1) is 0 Å². The molecule has 16 heavy (non-hydrogen) atoms. The second kappa shape index (κ2) is 4.51. The maximum Gasteiger partial charge on any atom is 0.407 e. The Kier molecular flexibility index (Phi) is 3.70. The van der Waals surface area contributed by atoms with Crippen LogP contribution >= 0.6 is 11.6 Å². The first-order valence-corrected chi connectivity index (χ1v) is 4.90. The largest absolute Gasteiger partial charge is 0.407 e. The topological polar surface area (TPSA) is 29.3 Å². The molecular formula is C10H12ClF3N2. The molecule has 0 bridgehead atoms. The lowest BCUT2D eigenvalue weighted by atomic mass is 10.1. The van der Waals surface area contributed by atoms with Crippen molar-refractivity contribution in [1.82, 2.24) is 0 Å². The number of benzene rings is 1. The summed E-state index contributed by atoms with van der Waals surface area (Å²) in [5.41, 5.74) is 5.69. The third kappa shape index (κ3) is 2.80. The first kappa shape index (κ1) is 13.1. The molecule has 0 saturated heterocycles. The van der Waals surface area contributed by atoms with Gasteiger partial charge in [-0.15, -0.1) is 0 Å². The summed E-state index contributed by atoms with van der Waals surface area (Å²) in [6.45, 7) is 0. The minimum Gasteiger partial charge on any atom is -0.378 e. The standard InChI is InChI=1S/C10H12ClF3N2/c1-16(2)6-3-4-7(8(11)5-6)9(15)10(12,13)14/h3-5,9H,15H2,1-2H3/t9-/m0/s1. The van der Waals surface area contributed by atoms with Gasteiger partial charge >= 0.3 is 6.18 Å². The molecule has 0 unspecified atom stereocenters. The fourth-order valence-electron chi connectivity index (χ4n) is 1.22. The molecule has 1 aromatic carbocycles. The molecule has 0 spiro atoms. The zero-order chi connectivity index (χ0) is 12.5. The maximum absolute atomic E-state index is 12.4. The normalized spacial score (nSPS) is 13.7. The third-order valence-electron chi connectivity index (χ3n) is 2.19. The second-order valence-corrected chi connectivity index (χ2v) is 4.03. The zero-order valence-electron chi connectivity index (χ0n) is 8.85. The highest BCUT2D eigenvalue weighted by atomic mass is 35.5. The fourth-order valence-corrected chi connectivity index (χ4v) is 1.52. The molecule has 1 atom stereocenters. The SMILES string of the molecule is CN(C)c1ccc([C@H](N)C(F)(F)F)c(Cl)c1. The Bertz CT molecular complexity index is 377. The molecule has 6 heteroatoms. The van der Waals surface area contributed by atoms with Crippen molar-refractivity contribution < 1.29 is 13.2 Å². The van der Waals surface area contributed by atoms with Crippen LogP contribution in [0.3, 0.4) is 0 Å². The molecule has 1 aromatic rings. The van der Waals surface area contributed by atoms with Crippen LogP contribution in [-0.4, -0.2) is 20.3 Å². The number of rotatable bonds is 2. The van der Waals surface area contributed by atoms with Gasteiger partial charge in [-0.2, -0.15) is 13.2 Å². The summed E-state index contributed by atoms with van der Waals surface area (Å²) in [5, 5.41) is 0.0241. The molecule has 0 amide bonds. The molecule has 2 nitrogen and oxygen atoms in total. The van der Waals surface area contributed by atoms with Gasteiger partial charge in [0.1, 0.15) is 6.04 Å². The van der Waals surface area contributed by atoms with Crippen molar-refractivity contribution in [2.45, 2.75) is 12.2 Å². The monoisotopic (exact) mass is 252 g/mol. The van der Waals surface area contributed by atoms with Crippen molar-refractivity contribution in [3.05, 3.63) is 28.8 Å². The van der Waals surface area contributed by atoms with Crippen molar-refractivity contribution in [3.63, 3.8) is 0 Å². The van der Waals surface area contributed by atoms with E-state index in [1.807, 2.05) is 0 Å². The van der Waals surface area contributed by atoms with E-state index < -0.39 is 12.2 Å². The van der Waals surface area contributed by atoms with Crippen molar-refractivity contribution in [1.29, 1.82) is 0 Å². The van der Waals surface area contributed by atoms with Gasteiger partial charge in [-0.1, -0.05) is 17.7 Å². The van der Waals surface area contributed by atoms with Crippen LogP contribution in [0.25, 0.3) is 0 Å². The number of hydrogen-bond acceptors (Lipinski definition) is 2. The van der Waals surface area contributed by atoms with Gasteiger partial charge in [0.25, 0.3) is 0 Å². The van der Waals surface area contributed by atoms with Crippen molar-refractivity contribution in [2.75, 3.05) is 19.0 Å². The molecule has 1 rings (SSSR count). The predicted octanol–water partition coefficient (Wildman–Crippen LogP) is 2.97. The maximum atomic E-state index is 12.4. The molecular weight excluding hydrogens is 241 g/mol. The highest BCUT2D eigenvalue weighted by molar-refractivity contribution is 6.31. The zero-order valence-corrected chi connectivity index (χ0v) is 9.60. The number of hydrogen-bond donors (Lipinski definition) is 1. The molecule has 2 N–H and O–H groups in total. The number of alkyl halides is 3. The Morgan fingerprint density at radius 2 is 1.88 bits per heavy atom. The van der Waals surface area contributed by atoms with Gasteiger partial charge in [-0.05, 0) is 17.7 Å². The molecule has 0 saturated carbocycles. The number of nitrogens with zero attached hydrogens (tertiary/aromatic N) is 1. The Hall–Kier alpha value is -0.940. The number of halogens is 4. The molecule has 0 aromatic heterocycles. The van der Waals surface area contributed by atoms with Crippen LogP contribution in [0.15, 0.2) is 18.2 Å². The molecule has 0 aliphatic rings. The van der Waals surface area contributed by atoms with Gasteiger partial charge < -0.3 is 10.6 Å². The van der Waals surface area contributed by atoms with Crippen LogP contribution in [0.2, 0.25) is 5.02 Å². The summed E-state index contributed by atoms with van der Waals surface area (Å²) < 4.78 is 37.1. The lowest BCUT2D eigenvalue weighted by Gasteiger charge is -2.19. The Morgan fingerprint density at radius 3 is 2.25 bits per heavy atom. The molecule has 0 fully saturated rings. The highest BCUT2D eigenvalue weighted by Crippen LogP contribution is 2.35. The summed E-state index contributed by atoms with van der Waals surface area (Å²) in [6.07, 6.45) is -4.48. The van der Waals surface area contributed by atoms with Crippen molar-refractivity contribution >= 4 is 17.3 Å². The molecule has 90 valence electrons. The van der Waals surface area contributed by atoms with Gasteiger partial charge in [-0.25, -0.2) is 0 Å². The summed E-state index contributed by atoms with van der Waals surface area (Å²) in [7, 11) is 3.55. The summed E-state index contributed by atoms with van der Waals surface area (Å²) in [4.78, 5) is 1.74. The van der Waals surface area contributed by atoms with Crippen LogP contribution in [0.1, 0.15) is 11.6 Å². The van der Waals surface area contributed by atoms with E-state index in [1.165, 1.54) is 12.1 Å². The van der Waals surface area contributed by atoms with Gasteiger partial charge in [0, 0.05) is 24.8 Å². The third-order valence-corrected chi connectivity index (χ3v) is 2.52. The van der Waals surface area contributed by atoms with Gasteiger partial charge in [0.2, 0.25) is 0 Å². The van der Waals surface area contributed by atoms with Gasteiger partial charge in [-0.3, -0.25) is 0 Å². The van der Waals surface area contributed by atoms with Gasteiger partial charge in [0.15, 0.2) is 0 Å². The van der Waals surface area contributed by atoms with Crippen molar-refractivity contribution in [2.24, 2.45) is 5.73 Å². The first-order valence-electron chi connectivity index (χ1n) is 4.52. The predicted molar refractivity (Wildman–Crippen MR) is 58.8 cm³/mol. The minimum absolute atomic E-state index is 0.0241. The van der Waals surface area contributed by atoms with E-state index in [9.17, 15) is 13.2 Å². The smallest absolute Gasteiger partial charge is 0.378 e. The van der Waals surface area contributed by atoms with E-state index in [4.69, 9.17) is 17.3 Å². The van der Waals surface area contributed by atoms with E-state index in [0.717, 1.165) is 5.69 Å². The van der Waals surface area contributed by atoms with E-state index in [2.05, 4.69) is 0 Å². The quantitative estimate of drug-likeness (QED) is 0.877. The Morgan fingerprint density at radius 1 is 1.31 bits per heavy atom.